The van der Waals surface area contributed by atoms with E-state index in [-0.39, 0.29) is 11.8 Å². The fourth-order valence-corrected chi connectivity index (χ4v) is 3.98. The van der Waals surface area contributed by atoms with Crippen molar-refractivity contribution in [2.75, 3.05) is 0 Å². The predicted molar refractivity (Wildman–Crippen MR) is 109 cm³/mol. The van der Waals surface area contributed by atoms with Gasteiger partial charge in [-0.15, -0.1) is 0 Å². The first kappa shape index (κ1) is 18.4. The number of benzene rings is 2. The molecule has 2 aromatic rings. The van der Waals surface area contributed by atoms with E-state index in [0.717, 1.165) is 11.1 Å². The van der Waals surface area contributed by atoms with Gasteiger partial charge in [0.2, 0.25) is 5.91 Å². The van der Waals surface area contributed by atoms with Gasteiger partial charge in [0.25, 0.3) is 5.91 Å². The van der Waals surface area contributed by atoms with Gasteiger partial charge in [0.1, 0.15) is 10.4 Å². The van der Waals surface area contributed by atoms with Crippen LogP contribution in [0.4, 0.5) is 0 Å². The van der Waals surface area contributed by atoms with Crippen molar-refractivity contribution in [1.82, 2.24) is 10.2 Å². The number of nitrogens with one attached hydrogen (secondary N) is 1. The molecule has 1 heterocycles. The van der Waals surface area contributed by atoms with Crippen molar-refractivity contribution in [3.05, 3.63) is 76.7 Å². The molecular formula is C20H18N2O2S2. The van der Waals surface area contributed by atoms with Crippen molar-refractivity contribution < 1.29 is 9.59 Å². The van der Waals surface area contributed by atoms with E-state index in [9.17, 15) is 9.59 Å². The number of amides is 2. The number of carbonyl (C=O) groups excluding carboxylic acids is 2. The summed E-state index contributed by atoms with van der Waals surface area (Å²) in [5.74, 6) is -0.461. The quantitative estimate of drug-likeness (QED) is 0.634. The maximum Gasteiger partial charge on any atom is 0.266 e. The first-order chi connectivity index (χ1) is 12.6. The highest BCUT2D eigenvalue weighted by molar-refractivity contribution is 8.26. The molecule has 6 heteroatoms. The molecule has 26 heavy (non-hydrogen) atoms. The van der Waals surface area contributed by atoms with Crippen LogP contribution in [-0.4, -0.2) is 27.1 Å². The number of thioether (sulfide) groups is 1. The van der Waals surface area contributed by atoms with E-state index >= 15 is 0 Å². The van der Waals surface area contributed by atoms with Crippen LogP contribution in [0, 0.1) is 0 Å². The summed E-state index contributed by atoms with van der Waals surface area (Å²) < 4.78 is 0.402. The van der Waals surface area contributed by atoms with Crippen LogP contribution >= 0.6 is 24.0 Å². The topological polar surface area (TPSA) is 49.4 Å². The summed E-state index contributed by atoms with van der Waals surface area (Å²) >= 11 is 6.56. The molecule has 132 valence electrons. The number of hydrogen-bond donors (Lipinski definition) is 1. The van der Waals surface area contributed by atoms with Gasteiger partial charge in [0, 0.05) is 6.54 Å². The molecule has 3 rings (SSSR count). The molecule has 1 unspecified atom stereocenters. The Kier molecular flexibility index (Phi) is 5.85. The Morgan fingerprint density at radius 3 is 2.42 bits per heavy atom. The van der Waals surface area contributed by atoms with Crippen molar-refractivity contribution in [3.8, 4) is 0 Å². The molecule has 0 saturated carbocycles. The van der Waals surface area contributed by atoms with Crippen LogP contribution in [0.2, 0.25) is 0 Å². The number of thiocarbonyl (C=S) groups is 1. The van der Waals surface area contributed by atoms with Crippen LogP contribution in [0.15, 0.2) is 65.6 Å². The predicted octanol–water partition coefficient (Wildman–Crippen LogP) is 3.59. The van der Waals surface area contributed by atoms with Crippen LogP contribution in [0.25, 0.3) is 6.08 Å². The molecule has 0 bridgehead atoms. The molecule has 1 N–H and O–H groups in total. The van der Waals surface area contributed by atoms with E-state index in [1.54, 1.807) is 13.0 Å². The third-order valence-electron chi connectivity index (χ3n) is 4.00. The summed E-state index contributed by atoms with van der Waals surface area (Å²) in [4.78, 5) is 27.1. The van der Waals surface area contributed by atoms with Crippen LogP contribution in [0.1, 0.15) is 18.1 Å². The highest BCUT2D eigenvalue weighted by Crippen LogP contribution is 2.33. The number of nitrogens with zero attached hydrogens (tertiary/aromatic N) is 1. The molecule has 2 amide bonds. The summed E-state index contributed by atoms with van der Waals surface area (Å²) in [6.07, 6.45) is 1.80. The average Bonchev–Trinajstić information content (AvgIpc) is 2.94. The summed E-state index contributed by atoms with van der Waals surface area (Å²) in [7, 11) is 0. The van der Waals surface area contributed by atoms with Crippen molar-refractivity contribution in [2.45, 2.75) is 19.5 Å². The van der Waals surface area contributed by atoms with Crippen molar-refractivity contribution >= 4 is 46.2 Å². The van der Waals surface area contributed by atoms with Crippen molar-refractivity contribution in [1.29, 1.82) is 0 Å². The molecule has 0 aliphatic carbocycles. The largest absolute Gasteiger partial charge is 0.350 e. The maximum absolute atomic E-state index is 12.7. The second kappa shape index (κ2) is 8.29. The number of rotatable bonds is 5. The zero-order valence-corrected chi connectivity index (χ0v) is 15.8. The SMILES string of the molecule is CC(C(=O)NCc1ccccc1)N1C(=O)/C(=C/c2ccccc2)SC1=S. The summed E-state index contributed by atoms with van der Waals surface area (Å²) in [5, 5.41) is 2.86. The minimum absolute atomic E-state index is 0.230. The Labute approximate surface area is 162 Å². The lowest BCUT2D eigenvalue weighted by Crippen LogP contribution is -2.46. The van der Waals surface area contributed by atoms with Gasteiger partial charge in [-0.1, -0.05) is 84.6 Å². The van der Waals surface area contributed by atoms with Gasteiger partial charge in [0.05, 0.1) is 4.91 Å². The Bertz CT molecular complexity index is 851. The Morgan fingerprint density at radius 1 is 1.15 bits per heavy atom. The van der Waals surface area contributed by atoms with E-state index < -0.39 is 6.04 Å². The molecule has 0 aromatic heterocycles. The van der Waals surface area contributed by atoms with Gasteiger partial charge in [-0.05, 0) is 24.1 Å². The van der Waals surface area contributed by atoms with Crippen LogP contribution in [0.5, 0.6) is 0 Å². The summed E-state index contributed by atoms with van der Waals surface area (Å²) in [6, 6.07) is 18.6. The van der Waals surface area contributed by atoms with Gasteiger partial charge in [-0.2, -0.15) is 0 Å². The van der Waals surface area contributed by atoms with E-state index in [2.05, 4.69) is 5.32 Å². The average molecular weight is 383 g/mol. The van der Waals surface area contributed by atoms with Crippen molar-refractivity contribution in [3.63, 3.8) is 0 Å². The highest BCUT2D eigenvalue weighted by atomic mass is 32.2. The summed E-state index contributed by atoms with van der Waals surface area (Å²) in [5.41, 5.74) is 1.93. The normalized spacial score (nSPS) is 16.8. The van der Waals surface area contributed by atoms with Gasteiger partial charge in [-0.25, -0.2) is 0 Å². The summed E-state index contributed by atoms with van der Waals surface area (Å²) in [6.45, 7) is 2.11. The smallest absolute Gasteiger partial charge is 0.266 e. The fourth-order valence-electron chi connectivity index (χ4n) is 2.56. The van der Waals surface area contributed by atoms with E-state index in [0.29, 0.717) is 15.8 Å². The molecule has 0 radical (unpaired) electrons. The second-order valence-electron chi connectivity index (χ2n) is 5.84. The van der Waals surface area contributed by atoms with E-state index in [1.807, 2.05) is 60.7 Å². The lowest BCUT2D eigenvalue weighted by Gasteiger charge is -2.22. The van der Waals surface area contributed by atoms with E-state index in [4.69, 9.17) is 12.2 Å². The van der Waals surface area contributed by atoms with Gasteiger partial charge < -0.3 is 5.32 Å². The molecule has 1 aliphatic rings. The minimum atomic E-state index is -0.659. The standard InChI is InChI=1S/C20H18N2O2S2/c1-14(18(23)21-13-16-10-6-3-7-11-16)22-19(24)17(26-20(22)25)12-15-8-4-2-5-9-15/h2-12,14H,13H2,1H3,(H,21,23)/b17-12-. The number of carbonyl (C=O) groups is 2. The van der Waals surface area contributed by atoms with Crippen LogP contribution in [-0.2, 0) is 16.1 Å². The molecule has 2 aromatic carbocycles. The Balaban J connectivity index is 1.68. The first-order valence-electron chi connectivity index (χ1n) is 8.20. The van der Waals surface area contributed by atoms with Crippen LogP contribution in [0.3, 0.4) is 0 Å². The minimum Gasteiger partial charge on any atom is -0.350 e. The molecule has 0 spiro atoms. The monoisotopic (exact) mass is 382 g/mol. The third-order valence-corrected chi connectivity index (χ3v) is 5.33. The van der Waals surface area contributed by atoms with Gasteiger partial charge in [-0.3, -0.25) is 14.5 Å². The molecule has 1 atom stereocenters. The fraction of sp³-hybridized carbons (Fsp3) is 0.150. The first-order valence-corrected chi connectivity index (χ1v) is 9.42. The lowest BCUT2D eigenvalue weighted by molar-refractivity contribution is -0.132. The van der Waals surface area contributed by atoms with E-state index in [1.165, 1.54) is 16.7 Å². The second-order valence-corrected chi connectivity index (χ2v) is 7.52. The molecule has 1 saturated heterocycles. The Morgan fingerprint density at radius 2 is 1.77 bits per heavy atom. The Hall–Kier alpha value is -2.44. The van der Waals surface area contributed by atoms with Crippen molar-refractivity contribution in [2.24, 2.45) is 0 Å². The molecule has 1 fully saturated rings. The van der Waals surface area contributed by atoms with Gasteiger partial charge >= 0.3 is 0 Å². The maximum atomic E-state index is 12.7. The molecular weight excluding hydrogens is 364 g/mol. The third kappa shape index (κ3) is 4.20. The zero-order valence-electron chi connectivity index (χ0n) is 14.2. The van der Waals surface area contributed by atoms with Gasteiger partial charge in [0.15, 0.2) is 0 Å². The molecule has 1 aliphatic heterocycles. The van der Waals surface area contributed by atoms with Crippen LogP contribution < -0.4 is 5.32 Å². The number of hydrogen-bond acceptors (Lipinski definition) is 4. The molecule has 4 nitrogen and oxygen atoms in total. The highest BCUT2D eigenvalue weighted by Gasteiger charge is 2.38. The zero-order chi connectivity index (χ0) is 18.5. The lowest BCUT2D eigenvalue weighted by atomic mass is 10.2.